The van der Waals surface area contributed by atoms with E-state index < -0.39 is 24.1 Å². The monoisotopic (exact) mass is 307 g/mol. The first-order valence-electron chi connectivity index (χ1n) is 5.40. The van der Waals surface area contributed by atoms with E-state index in [1.807, 2.05) is 5.43 Å². The van der Waals surface area contributed by atoms with Gasteiger partial charge in [0.25, 0.3) is 0 Å². The summed E-state index contributed by atoms with van der Waals surface area (Å²) in [5.41, 5.74) is 2.06. The summed E-state index contributed by atoms with van der Waals surface area (Å²) in [5, 5.41) is -0.147. The van der Waals surface area contributed by atoms with Gasteiger partial charge in [-0.15, -0.1) is 0 Å². The number of hydrogen-bond donors (Lipinski definition) is 2. The molecule has 0 spiro atoms. The molecule has 108 valence electrons. The Hall–Kier alpha value is -1.80. The number of hydrazine groups is 1. The van der Waals surface area contributed by atoms with Crippen LogP contribution < -0.4 is 10.9 Å². The van der Waals surface area contributed by atoms with Crippen LogP contribution in [0.5, 0.6) is 0 Å². The zero-order chi connectivity index (χ0) is 15.1. The minimum Gasteiger partial charge on any atom is -0.298 e. The van der Waals surface area contributed by atoms with Gasteiger partial charge in [0.2, 0.25) is 0 Å². The van der Waals surface area contributed by atoms with E-state index in [0.29, 0.717) is 6.29 Å². The molecule has 1 aromatic carbocycles. The predicted octanol–water partition coefficient (Wildman–Crippen LogP) is 2.22. The zero-order valence-corrected chi connectivity index (χ0v) is 10.8. The molecule has 1 heterocycles. The number of benzene rings is 1. The highest BCUT2D eigenvalue weighted by atomic mass is 35.5. The molecule has 1 fully saturated rings. The predicted molar refractivity (Wildman–Crippen MR) is 63.7 cm³/mol. The van der Waals surface area contributed by atoms with Crippen LogP contribution in [0.3, 0.4) is 0 Å². The number of carbonyl (C=O) groups excluding carboxylic acids is 2. The van der Waals surface area contributed by atoms with E-state index in [2.05, 4.69) is 5.43 Å². The van der Waals surface area contributed by atoms with Crippen molar-refractivity contribution in [2.75, 3.05) is 0 Å². The van der Waals surface area contributed by atoms with Crippen molar-refractivity contribution in [2.45, 2.75) is 19.1 Å². The average Bonchev–Trinajstić information content (AvgIpc) is 2.66. The van der Waals surface area contributed by atoms with E-state index in [1.165, 1.54) is 6.92 Å². The van der Waals surface area contributed by atoms with Crippen molar-refractivity contribution < 1.29 is 22.8 Å². The van der Waals surface area contributed by atoms with Gasteiger partial charge in [-0.25, -0.2) is 19.5 Å². The Morgan fingerprint density at radius 2 is 2.10 bits per heavy atom. The van der Waals surface area contributed by atoms with Gasteiger partial charge >= 0.3 is 12.6 Å². The van der Waals surface area contributed by atoms with Gasteiger partial charge in [0.05, 0.1) is 5.02 Å². The number of hydrogen-bond acceptors (Lipinski definition) is 3. The highest BCUT2D eigenvalue weighted by Crippen LogP contribution is 2.34. The van der Waals surface area contributed by atoms with Gasteiger partial charge in [-0.2, -0.15) is 8.78 Å². The van der Waals surface area contributed by atoms with Crippen molar-refractivity contribution in [3.63, 3.8) is 0 Å². The first-order chi connectivity index (χ1) is 9.31. The molecule has 1 saturated heterocycles. The summed E-state index contributed by atoms with van der Waals surface area (Å²) in [6.45, 7) is -1.98. The summed E-state index contributed by atoms with van der Waals surface area (Å²) >= 11 is 5.65. The van der Waals surface area contributed by atoms with Gasteiger partial charge in [0.1, 0.15) is 11.5 Å². The van der Waals surface area contributed by atoms with Crippen molar-refractivity contribution in [3.8, 4) is 0 Å². The number of urea groups is 1. The van der Waals surface area contributed by atoms with Crippen LogP contribution in [0.2, 0.25) is 5.02 Å². The lowest BCUT2D eigenvalue weighted by atomic mass is 9.98. The van der Waals surface area contributed by atoms with Gasteiger partial charge in [-0.1, -0.05) is 11.6 Å². The number of aldehydes is 1. The van der Waals surface area contributed by atoms with Crippen molar-refractivity contribution in [2.24, 2.45) is 0 Å². The van der Waals surface area contributed by atoms with Crippen LogP contribution in [0.1, 0.15) is 22.8 Å². The fourth-order valence-electron chi connectivity index (χ4n) is 2.01. The Morgan fingerprint density at radius 3 is 2.65 bits per heavy atom. The first-order valence-corrected chi connectivity index (χ1v) is 5.78. The molecule has 0 radical (unpaired) electrons. The standard InChI is InChI=1S/C11H9ClF3N3O2/c1-11(17-16-10(20)18(11)9(14)15)6-2-5(4-19)7(12)3-8(6)13/h2-4,9,17H,1H3,(H,16,20). The molecule has 1 unspecified atom stereocenters. The van der Waals surface area contributed by atoms with Crippen LogP contribution in [0, 0.1) is 5.82 Å². The minimum atomic E-state index is -3.16. The molecule has 2 N–H and O–H groups in total. The first kappa shape index (κ1) is 14.6. The second-order valence-electron chi connectivity index (χ2n) is 4.25. The third-order valence-corrected chi connectivity index (χ3v) is 3.37. The molecular weight excluding hydrogens is 299 g/mol. The minimum absolute atomic E-state index is 0.0698. The smallest absolute Gasteiger partial charge is 0.298 e. The Bertz CT molecular complexity index is 584. The number of rotatable bonds is 3. The van der Waals surface area contributed by atoms with Crippen LogP contribution in [-0.4, -0.2) is 23.8 Å². The fourth-order valence-corrected chi connectivity index (χ4v) is 2.20. The van der Waals surface area contributed by atoms with Gasteiger partial charge in [-0.05, 0) is 19.1 Å². The van der Waals surface area contributed by atoms with Gasteiger partial charge in [0, 0.05) is 11.1 Å². The van der Waals surface area contributed by atoms with E-state index in [9.17, 15) is 22.8 Å². The Labute approximate surface area is 116 Å². The van der Waals surface area contributed by atoms with Gasteiger partial charge < -0.3 is 0 Å². The maximum Gasteiger partial charge on any atom is 0.337 e. The van der Waals surface area contributed by atoms with E-state index >= 15 is 0 Å². The van der Waals surface area contributed by atoms with Crippen molar-refractivity contribution in [3.05, 3.63) is 34.1 Å². The molecule has 20 heavy (non-hydrogen) atoms. The molecule has 2 rings (SSSR count). The fraction of sp³-hybridized carbons (Fsp3) is 0.273. The largest absolute Gasteiger partial charge is 0.337 e. The Balaban J connectivity index is 2.60. The van der Waals surface area contributed by atoms with E-state index in [4.69, 9.17) is 11.6 Å². The van der Waals surface area contributed by atoms with Crippen LogP contribution >= 0.6 is 11.6 Å². The molecule has 1 atom stereocenters. The summed E-state index contributed by atoms with van der Waals surface area (Å²) in [7, 11) is 0. The maximum atomic E-state index is 14.0. The molecule has 0 aromatic heterocycles. The topological polar surface area (TPSA) is 61.4 Å². The third kappa shape index (κ3) is 2.10. The average molecular weight is 308 g/mol. The molecule has 1 aliphatic heterocycles. The van der Waals surface area contributed by atoms with Crippen LogP contribution in [0.15, 0.2) is 12.1 Å². The second-order valence-corrected chi connectivity index (χ2v) is 4.65. The molecule has 2 amide bonds. The number of amides is 2. The molecular formula is C11H9ClF3N3O2. The van der Waals surface area contributed by atoms with Crippen LogP contribution in [-0.2, 0) is 5.66 Å². The molecule has 9 heteroatoms. The van der Waals surface area contributed by atoms with Crippen molar-refractivity contribution in [1.82, 2.24) is 15.8 Å². The normalized spacial score (nSPS) is 22.3. The summed E-state index contributed by atoms with van der Waals surface area (Å²) in [4.78, 5) is 22.3. The number of carbonyl (C=O) groups is 2. The number of halogens is 4. The Kier molecular flexibility index (Phi) is 3.61. The second kappa shape index (κ2) is 4.95. The van der Waals surface area contributed by atoms with E-state index in [-0.39, 0.29) is 21.0 Å². The maximum absolute atomic E-state index is 14.0. The molecule has 5 nitrogen and oxygen atoms in total. The zero-order valence-electron chi connectivity index (χ0n) is 10.1. The SMILES string of the molecule is CC1(c2cc(C=O)c(Cl)cc2F)NNC(=O)N1C(F)F. The van der Waals surface area contributed by atoms with Gasteiger partial charge in [0.15, 0.2) is 6.29 Å². The lowest BCUT2D eigenvalue weighted by molar-refractivity contribution is -0.0491. The molecule has 1 aromatic rings. The highest BCUT2D eigenvalue weighted by molar-refractivity contribution is 6.33. The summed E-state index contributed by atoms with van der Waals surface area (Å²) < 4.78 is 39.9. The molecule has 0 bridgehead atoms. The van der Waals surface area contributed by atoms with Crippen LogP contribution in [0.4, 0.5) is 18.0 Å². The summed E-state index contributed by atoms with van der Waals surface area (Å²) in [6.07, 6.45) is 0.367. The van der Waals surface area contributed by atoms with Crippen molar-refractivity contribution >= 4 is 23.9 Å². The third-order valence-electron chi connectivity index (χ3n) is 3.05. The van der Waals surface area contributed by atoms with E-state index in [1.54, 1.807) is 0 Å². The lowest BCUT2D eigenvalue weighted by Gasteiger charge is -2.33. The van der Waals surface area contributed by atoms with E-state index in [0.717, 1.165) is 12.1 Å². The van der Waals surface area contributed by atoms with Gasteiger partial charge in [-0.3, -0.25) is 10.2 Å². The number of nitrogens with one attached hydrogen (secondary N) is 2. The van der Waals surface area contributed by atoms with Crippen LogP contribution in [0.25, 0.3) is 0 Å². The molecule has 0 aliphatic carbocycles. The molecule has 1 aliphatic rings. The quantitative estimate of drug-likeness (QED) is 0.665. The number of nitrogens with zero attached hydrogens (tertiary/aromatic N) is 1. The summed E-state index contributed by atoms with van der Waals surface area (Å²) in [6, 6.07) is 0.748. The highest BCUT2D eigenvalue weighted by Gasteiger charge is 2.49. The van der Waals surface area contributed by atoms with Crippen molar-refractivity contribution in [1.29, 1.82) is 0 Å². The molecule has 0 saturated carbocycles. The summed E-state index contributed by atoms with van der Waals surface area (Å²) in [5.74, 6) is -0.919. The number of alkyl halides is 2. The Morgan fingerprint density at radius 1 is 1.45 bits per heavy atom. The lowest BCUT2D eigenvalue weighted by Crippen LogP contribution is -2.50.